The van der Waals surface area contributed by atoms with Gasteiger partial charge < -0.3 is 10.1 Å². The van der Waals surface area contributed by atoms with Crippen molar-refractivity contribution in [3.8, 4) is 0 Å². The van der Waals surface area contributed by atoms with Crippen LogP contribution in [0.25, 0.3) is 0 Å². The Hall–Kier alpha value is -2.62. The van der Waals surface area contributed by atoms with Gasteiger partial charge in [-0.05, 0) is 49.7 Å². The number of aryl methyl sites for hydroxylation is 1. The Labute approximate surface area is 123 Å². The Morgan fingerprint density at radius 1 is 1.05 bits per heavy atom. The number of rotatable bonds is 4. The lowest BCUT2D eigenvalue weighted by Gasteiger charge is -2.07. The van der Waals surface area contributed by atoms with Gasteiger partial charge in [-0.25, -0.2) is 4.79 Å². The molecule has 2 rings (SSSR count). The number of hydrogen-bond acceptors (Lipinski definition) is 3. The molecular weight excluding hydrogens is 266 g/mol. The van der Waals surface area contributed by atoms with E-state index in [1.165, 1.54) is 6.07 Å². The van der Waals surface area contributed by atoms with Crippen LogP contribution in [-0.4, -0.2) is 18.5 Å². The monoisotopic (exact) mass is 283 g/mol. The smallest absolute Gasteiger partial charge is 0.338 e. The maximum absolute atomic E-state index is 12.2. The van der Waals surface area contributed by atoms with Gasteiger partial charge in [-0.1, -0.05) is 18.2 Å². The Balaban J connectivity index is 2.16. The first-order valence-electron chi connectivity index (χ1n) is 6.75. The van der Waals surface area contributed by atoms with E-state index in [4.69, 9.17) is 4.74 Å². The van der Waals surface area contributed by atoms with Crippen LogP contribution in [0, 0.1) is 6.92 Å². The highest BCUT2D eigenvalue weighted by atomic mass is 16.5. The summed E-state index contributed by atoms with van der Waals surface area (Å²) in [7, 11) is 0. The maximum atomic E-state index is 12.2. The van der Waals surface area contributed by atoms with E-state index >= 15 is 0 Å². The summed E-state index contributed by atoms with van der Waals surface area (Å²) >= 11 is 0. The average molecular weight is 283 g/mol. The Bertz CT molecular complexity index is 665. The summed E-state index contributed by atoms with van der Waals surface area (Å²) in [5.41, 5.74) is 2.57. The van der Waals surface area contributed by atoms with Crippen LogP contribution in [0.4, 0.5) is 5.69 Å². The fourth-order valence-corrected chi connectivity index (χ4v) is 1.93. The normalized spacial score (nSPS) is 10.0. The summed E-state index contributed by atoms with van der Waals surface area (Å²) in [6.07, 6.45) is 0. The second-order valence-electron chi connectivity index (χ2n) is 4.62. The molecule has 2 aromatic carbocycles. The number of benzene rings is 2. The van der Waals surface area contributed by atoms with Crippen LogP contribution < -0.4 is 5.32 Å². The van der Waals surface area contributed by atoms with Crippen LogP contribution >= 0.6 is 0 Å². The molecule has 0 aliphatic carbocycles. The Kier molecular flexibility index (Phi) is 4.72. The molecule has 0 aliphatic rings. The van der Waals surface area contributed by atoms with Crippen molar-refractivity contribution in [1.82, 2.24) is 0 Å². The van der Waals surface area contributed by atoms with Crippen LogP contribution in [0.3, 0.4) is 0 Å². The van der Waals surface area contributed by atoms with Crippen LogP contribution in [-0.2, 0) is 4.74 Å². The van der Waals surface area contributed by atoms with Gasteiger partial charge in [0.2, 0.25) is 0 Å². The molecule has 0 saturated carbocycles. The number of esters is 1. The first kappa shape index (κ1) is 14.8. The third-order valence-corrected chi connectivity index (χ3v) is 2.91. The van der Waals surface area contributed by atoms with Crippen molar-refractivity contribution >= 4 is 17.6 Å². The largest absolute Gasteiger partial charge is 0.462 e. The SMILES string of the molecule is CCOC(=O)c1cccc(C(=O)Nc2cccc(C)c2)c1. The topological polar surface area (TPSA) is 55.4 Å². The highest BCUT2D eigenvalue weighted by Crippen LogP contribution is 2.13. The number of amides is 1. The van der Waals surface area contributed by atoms with Gasteiger partial charge in [0.25, 0.3) is 5.91 Å². The van der Waals surface area contributed by atoms with E-state index in [2.05, 4.69) is 5.32 Å². The minimum atomic E-state index is -0.428. The fraction of sp³-hybridized carbons (Fsp3) is 0.176. The lowest BCUT2D eigenvalue weighted by Crippen LogP contribution is -2.13. The molecule has 4 heteroatoms. The molecule has 108 valence electrons. The summed E-state index contributed by atoms with van der Waals surface area (Å²) in [5, 5.41) is 2.81. The number of carbonyl (C=O) groups excluding carboxylic acids is 2. The third-order valence-electron chi connectivity index (χ3n) is 2.91. The Morgan fingerprint density at radius 2 is 1.76 bits per heavy atom. The first-order valence-corrected chi connectivity index (χ1v) is 6.75. The van der Waals surface area contributed by atoms with Gasteiger partial charge in [-0.2, -0.15) is 0 Å². The predicted molar refractivity (Wildman–Crippen MR) is 81.5 cm³/mol. The molecule has 0 spiro atoms. The van der Waals surface area contributed by atoms with Gasteiger partial charge in [0.15, 0.2) is 0 Å². The molecule has 0 heterocycles. The van der Waals surface area contributed by atoms with Crippen LogP contribution in [0.15, 0.2) is 48.5 Å². The highest BCUT2D eigenvalue weighted by molar-refractivity contribution is 6.05. The van der Waals surface area contributed by atoms with E-state index in [1.807, 2.05) is 31.2 Å². The van der Waals surface area contributed by atoms with E-state index in [0.29, 0.717) is 17.7 Å². The number of nitrogens with one attached hydrogen (secondary N) is 1. The molecule has 0 radical (unpaired) electrons. The third kappa shape index (κ3) is 3.92. The zero-order valence-corrected chi connectivity index (χ0v) is 12.1. The van der Waals surface area contributed by atoms with E-state index in [-0.39, 0.29) is 5.91 Å². The molecular formula is C17H17NO3. The van der Waals surface area contributed by atoms with Crippen molar-refractivity contribution in [2.45, 2.75) is 13.8 Å². The minimum Gasteiger partial charge on any atom is -0.462 e. The summed E-state index contributed by atoms with van der Waals surface area (Å²) in [4.78, 5) is 23.9. The van der Waals surface area contributed by atoms with E-state index < -0.39 is 5.97 Å². The maximum Gasteiger partial charge on any atom is 0.338 e. The van der Waals surface area contributed by atoms with Crippen LogP contribution in [0.5, 0.6) is 0 Å². The number of hydrogen-bond donors (Lipinski definition) is 1. The highest BCUT2D eigenvalue weighted by Gasteiger charge is 2.11. The molecule has 1 amide bonds. The standard InChI is InChI=1S/C17H17NO3/c1-3-21-17(20)14-8-5-7-13(11-14)16(19)18-15-9-4-6-12(2)10-15/h4-11H,3H2,1-2H3,(H,18,19). The lowest BCUT2D eigenvalue weighted by molar-refractivity contribution is 0.0526. The molecule has 0 bridgehead atoms. The second kappa shape index (κ2) is 6.70. The van der Waals surface area contributed by atoms with Gasteiger partial charge in [0, 0.05) is 11.3 Å². The summed E-state index contributed by atoms with van der Waals surface area (Å²) in [6.45, 7) is 4.00. The number of ether oxygens (including phenoxy) is 1. The molecule has 1 N–H and O–H groups in total. The molecule has 2 aromatic rings. The quantitative estimate of drug-likeness (QED) is 0.875. The van der Waals surface area contributed by atoms with Gasteiger partial charge >= 0.3 is 5.97 Å². The molecule has 21 heavy (non-hydrogen) atoms. The molecule has 0 fully saturated rings. The second-order valence-corrected chi connectivity index (χ2v) is 4.62. The van der Waals surface area contributed by atoms with Crippen molar-refractivity contribution in [2.75, 3.05) is 11.9 Å². The summed E-state index contributed by atoms with van der Waals surface area (Å²) < 4.78 is 4.93. The van der Waals surface area contributed by atoms with E-state index in [9.17, 15) is 9.59 Å². The summed E-state index contributed by atoms with van der Waals surface area (Å²) in [6, 6.07) is 14.0. The lowest BCUT2D eigenvalue weighted by atomic mass is 10.1. The molecule has 0 aliphatic heterocycles. The van der Waals surface area contributed by atoms with Gasteiger partial charge in [0.1, 0.15) is 0 Å². The van der Waals surface area contributed by atoms with Crippen molar-refractivity contribution in [2.24, 2.45) is 0 Å². The minimum absolute atomic E-state index is 0.258. The molecule has 0 aromatic heterocycles. The van der Waals surface area contributed by atoms with Crippen molar-refractivity contribution in [3.63, 3.8) is 0 Å². The number of anilines is 1. The van der Waals surface area contributed by atoms with Crippen LogP contribution in [0.2, 0.25) is 0 Å². The predicted octanol–water partition coefficient (Wildman–Crippen LogP) is 3.42. The van der Waals surface area contributed by atoms with Crippen LogP contribution in [0.1, 0.15) is 33.2 Å². The summed E-state index contributed by atoms with van der Waals surface area (Å²) in [5.74, 6) is -0.686. The zero-order valence-electron chi connectivity index (χ0n) is 12.1. The van der Waals surface area contributed by atoms with Gasteiger partial charge in [0.05, 0.1) is 12.2 Å². The van der Waals surface area contributed by atoms with E-state index in [1.54, 1.807) is 25.1 Å². The van der Waals surface area contributed by atoms with Crippen molar-refractivity contribution in [3.05, 3.63) is 65.2 Å². The van der Waals surface area contributed by atoms with Crippen molar-refractivity contribution in [1.29, 1.82) is 0 Å². The molecule has 4 nitrogen and oxygen atoms in total. The molecule has 0 unspecified atom stereocenters. The number of carbonyl (C=O) groups is 2. The van der Waals surface area contributed by atoms with Gasteiger partial charge in [-0.3, -0.25) is 4.79 Å². The Morgan fingerprint density at radius 3 is 2.48 bits per heavy atom. The van der Waals surface area contributed by atoms with Crippen molar-refractivity contribution < 1.29 is 14.3 Å². The molecule has 0 atom stereocenters. The van der Waals surface area contributed by atoms with E-state index in [0.717, 1.165) is 11.3 Å². The zero-order chi connectivity index (χ0) is 15.2. The molecule has 0 saturated heterocycles. The van der Waals surface area contributed by atoms with Gasteiger partial charge in [-0.15, -0.1) is 0 Å². The first-order chi connectivity index (χ1) is 10.1. The average Bonchev–Trinajstić information content (AvgIpc) is 2.47. The fourth-order valence-electron chi connectivity index (χ4n) is 1.93.